The molecular formula is C17H26BNO3. The molecule has 0 bridgehead atoms. The molecule has 1 aromatic carbocycles. The maximum Gasteiger partial charge on any atom is 0.491 e. The second kappa shape index (κ2) is 6.55. The molecule has 120 valence electrons. The lowest BCUT2D eigenvalue weighted by Crippen LogP contribution is -2.41. The summed E-state index contributed by atoms with van der Waals surface area (Å²) in [6.45, 7) is 9.18. The van der Waals surface area contributed by atoms with Crippen LogP contribution < -0.4 is 5.73 Å². The molecule has 1 heterocycles. The summed E-state index contributed by atoms with van der Waals surface area (Å²) in [5.74, 6) is 0. The molecule has 0 amide bonds. The van der Waals surface area contributed by atoms with Crippen molar-refractivity contribution in [3.63, 3.8) is 0 Å². The summed E-state index contributed by atoms with van der Waals surface area (Å²) in [4.78, 5) is 0. The molecule has 22 heavy (non-hydrogen) atoms. The second-order valence-electron chi connectivity index (χ2n) is 6.69. The number of ether oxygens (including phenoxy) is 1. The van der Waals surface area contributed by atoms with Gasteiger partial charge in [-0.2, -0.15) is 0 Å². The third-order valence-electron chi connectivity index (χ3n) is 4.43. The van der Waals surface area contributed by atoms with E-state index in [0.717, 1.165) is 16.6 Å². The van der Waals surface area contributed by atoms with Crippen LogP contribution in [0.25, 0.3) is 6.08 Å². The molecular weight excluding hydrogens is 277 g/mol. The second-order valence-corrected chi connectivity index (χ2v) is 6.69. The molecule has 0 aromatic heterocycles. The first-order valence-corrected chi connectivity index (χ1v) is 7.63. The highest BCUT2D eigenvalue weighted by molar-refractivity contribution is 6.55. The fourth-order valence-corrected chi connectivity index (χ4v) is 2.31. The van der Waals surface area contributed by atoms with Crippen LogP contribution >= 0.6 is 0 Å². The van der Waals surface area contributed by atoms with E-state index in [1.165, 1.54) is 0 Å². The summed E-state index contributed by atoms with van der Waals surface area (Å²) in [6, 6.07) is 8.20. The van der Waals surface area contributed by atoms with Gasteiger partial charge >= 0.3 is 7.12 Å². The van der Waals surface area contributed by atoms with Gasteiger partial charge in [0, 0.05) is 13.7 Å². The van der Waals surface area contributed by atoms with E-state index in [1.54, 1.807) is 7.11 Å². The van der Waals surface area contributed by atoms with Crippen molar-refractivity contribution in [2.24, 2.45) is 5.73 Å². The van der Waals surface area contributed by atoms with Crippen LogP contribution in [0.4, 0.5) is 0 Å². The highest BCUT2D eigenvalue weighted by Gasteiger charge is 2.52. The quantitative estimate of drug-likeness (QED) is 0.850. The molecule has 0 aliphatic carbocycles. The van der Waals surface area contributed by atoms with E-state index >= 15 is 0 Å². The van der Waals surface area contributed by atoms with Gasteiger partial charge in [0.25, 0.3) is 0 Å². The van der Waals surface area contributed by atoms with Gasteiger partial charge in [-0.3, -0.25) is 0 Å². The molecule has 1 aliphatic heterocycles. The van der Waals surface area contributed by atoms with Crippen LogP contribution in [0.5, 0.6) is 0 Å². The molecule has 2 rings (SSSR count). The highest BCUT2D eigenvalue weighted by Crippen LogP contribution is 2.38. The average Bonchev–Trinajstić information content (AvgIpc) is 2.67. The van der Waals surface area contributed by atoms with Crippen LogP contribution in [0.3, 0.4) is 0 Å². The van der Waals surface area contributed by atoms with Gasteiger partial charge in [0.15, 0.2) is 0 Å². The molecule has 1 aromatic rings. The van der Waals surface area contributed by atoms with Crippen LogP contribution in [0.1, 0.15) is 38.8 Å². The molecule has 0 atom stereocenters. The van der Waals surface area contributed by atoms with Crippen molar-refractivity contribution < 1.29 is 14.0 Å². The summed E-state index contributed by atoms with van der Waals surface area (Å²) in [6.07, 6.45) is 2.04. The number of nitrogens with two attached hydrogens (primary N) is 1. The molecule has 0 radical (unpaired) electrons. The van der Waals surface area contributed by atoms with Crippen molar-refractivity contribution in [1.82, 2.24) is 0 Å². The van der Waals surface area contributed by atoms with Crippen molar-refractivity contribution in [2.75, 3.05) is 13.7 Å². The first-order valence-electron chi connectivity index (χ1n) is 7.63. The van der Waals surface area contributed by atoms with Crippen molar-refractivity contribution in [1.29, 1.82) is 0 Å². The Kier molecular flexibility index (Phi) is 5.12. The fraction of sp³-hybridized carbons (Fsp3) is 0.529. The van der Waals surface area contributed by atoms with Gasteiger partial charge in [-0.05, 0) is 44.3 Å². The standard InChI is InChI=1S/C17H26BNO3/c1-16(2)17(3,4)22-18(21-16)15(11-19)10-13-6-8-14(9-7-13)12-20-5/h6-10H,11-12,19H2,1-5H3. The van der Waals surface area contributed by atoms with Crippen molar-refractivity contribution >= 4 is 13.2 Å². The molecule has 1 aliphatic rings. The summed E-state index contributed by atoms with van der Waals surface area (Å²) in [7, 11) is 1.30. The molecule has 0 unspecified atom stereocenters. The maximum absolute atomic E-state index is 6.06. The van der Waals surface area contributed by atoms with Gasteiger partial charge in [0.2, 0.25) is 0 Å². The van der Waals surface area contributed by atoms with E-state index < -0.39 is 7.12 Å². The number of hydrogen-bond acceptors (Lipinski definition) is 4. The predicted molar refractivity (Wildman–Crippen MR) is 90.3 cm³/mol. The first-order chi connectivity index (χ1) is 10.3. The minimum atomic E-state index is -0.395. The normalized spacial score (nSPS) is 20.5. The fourth-order valence-electron chi connectivity index (χ4n) is 2.31. The Bertz CT molecular complexity index is 521. The lowest BCUT2D eigenvalue weighted by atomic mass is 9.77. The van der Waals surface area contributed by atoms with Crippen LogP contribution in [0.2, 0.25) is 0 Å². The third-order valence-corrected chi connectivity index (χ3v) is 4.43. The van der Waals surface area contributed by atoms with E-state index in [4.69, 9.17) is 19.8 Å². The Morgan fingerprint density at radius 1 is 1.14 bits per heavy atom. The van der Waals surface area contributed by atoms with Gasteiger partial charge in [-0.25, -0.2) is 0 Å². The van der Waals surface area contributed by atoms with Crippen LogP contribution in [-0.4, -0.2) is 32.0 Å². The Morgan fingerprint density at radius 3 is 2.14 bits per heavy atom. The molecule has 0 spiro atoms. The Labute approximate surface area is 133 Å². The summed E-state index contributed by atoms with van der Waals surface area (Å²) >= 11 is 0. The SMILES string of the molecule is COCc1ccc(C=C(CN)B2OC(C)(C)C(C)(C)O2)cc1. The van der Waals surface area contributed by atoms with E-state index in [1.807, 2.05) is 45.9 Å². The lowest BCUT2D eigenvalue weighted by molar-refractivity contribution is 0.00578. The van der Waals surface area contributed by atoms with Crippen molar-refractivity contribution in [2.45, 2.75) is 45.5 Å². The van der Waals surface area contributed by atoms with Crippen LogP contribution in [0, 0.1) is 0 Å². The van der Waals surface area contributed by atoms with E-state index in [9.17, 15) is 0 Å². The number of hydrogen-bond donors (Lipinski definition) is 1. The van der Waals surface area contributed by atoms with Gasteiger partial charge in [-0.15, -0.1) is 0 Å². The largest absolute Gasteiger partial charge is 0.491 e. The van der Waals surface area contributed by atoms with Gasteiger partial charge < -0.3 is 19.8 Å². The summed E-state index contributed by atoms with van der Waals surface area (Å²) < 4.78 is 17.2. The molecule has 0 saturated carbocycles. The van der Waals surface area contributed by atoms with Crippen molar-refractivity contribution in [3.05, 3.63) is 40.9 Å². The van der Waals surface area contributed by atoms with Crippen LogP contribution in [0.15, 0.2) is 29.7 Å². The van der Waals surface area contributed by atoms with Gasteiger partial charge in [0.05, 0.1) is 17.8 Å². The smallest absolute Gasteiger partial charge is 0.400 e. The Morgan fingerprint density at radius 2 is 1.68 bits per heavy atom. The number of rotatable bonds is 5. The topological polar surface area (TPSA) is 53.7 Å². The minimum Gasteiger partial charge on any atom is -0.400 e. The Balaban J connectivity index is 2.18. The zero-order valence-corrected chi connectivity index (χ0v) is 14.2. The van der Waals surface area contributed by atoms with Gasteiger partial charge in [0.1, 0.15) is 0 Å². The Hall–Kier alpha value is -1.14. The van der Waals surface area contributed by atoms with Crippen molar-refractivity contribution in [3.8, 4) is 0 Å². The van der Waals surface area contributed by atoms with E-state index in [-0.39, 0.29) is 11.2 Å². The van der Waals surface area contributed by atoms with Gasteiger partial charge in [-0.1, -0.05) is 30.3 Å². The maximum atomic E-state index is 6.06. The summed E-state index contributed by atoms with van der Waals surface area (Å²) in [5, 5.41) is 0. The van der Waals surface area contributed by atoms with E-state index in [0.29, 0.717) is 13.2 Å². The number of methoxy groups -OCH3 is 1. The zero-order chi connectivity index (χ0) is 16.4. The average molecular weight is 303 g/mol. The first kappa shape index (κ1) is 17.2. The molecule has 4 nitrogen and oxygen atoms in total. The molecule has 1 fully saturated rings. The zero-order valence-electron chi connectivity index (χ0n) is 14.2. The lowest BCUT2D eigenvalue weighted by Gasteiger charge is -2.32. The molecule has 5 heteroatoms. The minimum absolute atomic E-state index is 0.353. The predicted octanol–water partition coefficient (Wildman–Crippen LogP) is 2.81. The third kappa shape index (κ3) is 3.61. The molecule has 2 N–H and O–H groups in total. The summed E-state index contributed by atoms with van der Waals surface area (Å²) in [5.41, 5.74) is 8.37. The highest BCUT2D eigenvalue weighted by atomic mass is 16.7. The monoisotopic (exact) mass is 303 g/mol. The number of benzene rings is 1. The van der Waals surface area contributed by atoms with E-state index in [2.05, 4.69) is 12.1 Å². The molecule has 1 saturated heterocycles. The van der Waals surface area contributed by atoms with Crippen LogP contribution in [-0.2, 0) is 20.7 Å².